The van der Waals surface area contributed by atoms with Crippen LogP contribution >= 0.6 is 0 Å². The van der Waals surface area contributed by atoms with Crippen LogP contribution in [0, 0.1) is 10.1 Å². The number of carbonyl (C=O) groups excluding carboxylic acids is 2. The molecular formula is C21H32N6O4. The number of benzene rings is 1. The van der Waals surface area contributed by atoms with E-state index in [1.165, 1.54) is 6.92 Å². The van der Waals surface area contributed by atoms with E-state index in [0.717, 1.165) is 44.5 Å². The molecule has 2 unspecified atom stereocenters. The van der Waals surface area contributed by atoms with Crippen molar-refractivity contribution in [3.63, 3.8) is 0 Å². The first-order valence-electron chi connectivity index (χ1n) is 10.9. The Morgan fingerprint density at radius 2 is 1.87 bits per heavy atom. The van der Waals surface area contributed by atoms with E-state index in [1.807, 2.05) is 6.07 Å². The molecule has 1 aromatic carbocycles. The van der Waals surface area contributed by atoms with Gasteiger partial charge in [0.15, 0.2) is 0 Å². The van der Waals surface area contributed by atoms with E-state index < -0.39 is 16.8 Å². The van der Waals surface area contributed by atoms with Crippen LogP contribution in [0.15, 0.2) is 24.3 Å². The van der Waals surface area contributed by atoms with Crippen LogP contribution in [0.1, 0.15) is 39.0 Å². The summed E-state index contributed by atoms with van der Waals surface area (Å²) in [5.41, 5.74) is 1.37. The number of nitro groups is 1. The lowest BCUT2D eigenvalue weighted by Crippen LogP contribution is -2.62. The summed E-state index contributed by atoms with van der Waals surface area (Å²) in [6.45, 7) is 3.40. The van der Waals surface area contributed by atoms with Gasteiger partial charge in [0.2, 0.25) is 11.8 Å². The monoisotopic (exact) mass is 432 g/mol. The summed E-state index contributed by atoms with van der Waals surface area (Å²) < 4.78 is 0. The number of anilines is 2. The van der Waals surface area contributed by atoms with Crippen molar-refractivity contribution in [3.05, 3.63) is 34.4 Å². The molecule has 2 heterocycles. The summed E-state index contributed by atoms with van der Waals surface area (Å²) in [7, 11) is 1.77. The second-order valence-electron chi connectivity index (χ2n) is 8.33. The number of likely N-dealkylation sites (tertiary alicyclic amines) is 2. The third kappa shape index (κ3) is 5.63. The minimum absolute atomic E-state index is 0.0316. The predicted molar refractivity (Wildman–Crippen MR) is 118 cm³/mol. The van der Waals surface area contributed by atoms with Gasteiger partial charge in [-0.05, 0) is 50.3 Å². The molecule has 0 radical (unpaired) electrons. The van der Waals surface area contributed by atoms with Crippen molar-refractivity contribution in [2.45, 2.75) is 50.9 Å². The highest BCUT2D eigenvalue weighted by Crippen LogP contribution is 2.21. The highest BCUT2D eigenvalue weighted by Gasteiger charge is 2.42. The Balaban J connectivity index is 1.72. The Morgan fingerprint density at radius 1 is 1.19 bits per heavy atom. The Hall–Kier alpha value is -2.88. The second-order valence-corrected chi connectivity index (χ2v) is 8.33. The van der Waals surface area contributed by atoms with Gasteiger partial charge in [0, 0.05) is 45.0 Å². The Kier molecular flexibility index (Phi) is 7.32. The van der Waals surface area contributed by atoms with Gasteiger partial charge in [0.25, 0.3) is 0 Å². The molecular weight excluding hydrogens is 400 g/mol. The highest BCUT2D eigenvalue weighted by atomic mass is 16.6. The summed E-state index contributed by atoms with van der Waals surface area (Å²) in [4.78, 5) is 40.6. The lowest BCUT2D eigenvalue weighted by atomic mass is 10.1. The van der Waals surface area contributed by atoms with Crippen LogP contribution in [0.3, 0.4) is 0 Å². The molecule has 0 spiro atoms. The molecule has 2 aliphatic heterocycles. The van der Waals surface area contributed by atoms with Crippen LogP contribution in [0.4, 0.5) is 11.4 Å². The minimum atomic E-state index is -1.75. The zero-order valence-electron chi connectivity index (χ0n) is 18.2. The number of nitrogens with one attached hydrogen (secondary N) is 3. The quantitative estimate of drug-likeness (QED) is 0.325. The summed E-state index contributed by atoms with van der Waals surface area (Å²) in [5, 5.41) is 20.8. The van der Waals surface area contributed by atoms with E-state index in [9.17, 15) is 19.7 Å². The number of nitrogens with zero attached hydrogens (tertiary/aromatic N) is 3. The largest absolute Gasteiger partial charge is 0.388 e. The summed E-state index contributed by atoms with van der Waals surface area (Å²) in [5.74, 6) is -2.06. The SMILES string of the molecule is CNc1cccc(NC(C)(NC2CCCCN(CC(=O)N3CCCC3)C2=O)[N+](=O)[O-])c1. The molecule has 3 N–H and O–H groups in total. The predicted octanol–water partition coefficient (Wildman–Crippen LogP) is 1.68. The maximum absolute atomic E-state index is 13.2. The van der Waals surface area contributed by atoms with E-state index >= 15 is 0 Å². The average molecular weight is 433 g/mol. The van der Waals surface area contributed by atoms with Gasteiger partial charge in [-0.3, -0.25) is 19.7 Å². The van der Waals surface area contributed by atoms with Crippen molar-refractivity contribution >= 4 is 23.2 Å². The second kappa shape index (κ2) is 9.95. The van der Waals surface area contributed by atoms with E-state index in [1.54, 1.807) is 35.0 Å². The molecule has 10 nitrogen and oxygen atoms in total. The molecule has 2 aliphatic rings. The number of hydrogen-bond acceptors (Lipinski definition) is 7. The van der Waals surface area contributed by atoms with Gasteiger partial charge in [-0.1, -0.05) is 6.07 Å². The standard InChI is InChI=1S/C21H32N6O4/c1-21(27(30)31,23-17-9-7-8-16(14-17)22-2)24-18-10-3-4-13-26(20(18)29)15-19(28)25-11-5-6-12-25/h7-9,14,18,22-24H,3-6,10-13,15H2,1-2H3. The normalized spacial score (nSPS) is 21.4. The topological polar surface area (TPSA) is 120 Å². The van der Waals surface area contributed by atoms with Crippen LogP contribution in [-0.2, 0) is 9.59 Å². The summed E-state index contributed by atoms with van der Waals surface area (Å²) in [6.07, 6.45) is 3.98. The maximum Gasteiger partial charge on any atom is 0.350 e. The van der Waals surface area contributed by atoms with Gasteiger partial charge in [-0.15, -0.1) is 0 Å². The van der Waals surface area contributed by atoms with E-state index in [4.69, 9.17) is 0 Å². The smallest absolute Gasteiger partial charge is 0.350 e. The number of carbonyl (C=O) groups is 2. The van der Waals surface area contributed by atoms with Gasteiger partial charge in [-0.2, -0.15) is 0 Å². The maximum atomic E-state index is 13.2. The van der Waals surface area contributed by atoms with Gasteiger partial charge in [-0.25, -0.2) is 5.32 Å². The van der Waals surface area contributed by atoms with Crippen LogP contribution in [0.5, 0.6) is 0 Å². The van der Waals surface area contributed by atoms with Gasteiger partial charge >= 0.3 is 5.79 Å². The summed E-state index contributed by atoms with van der Waals surface area (Å²) >= 11 is 0. The van der Waals surface area contributed by atoms with Crippen molar-refractivity contribution in [1.82, 2.24) is 15.1 Å². The van der Waals surface area contributed by atoms with Crippen LogP contribution in [0.2, 0.25) is 0 Å². The average Bonchev–Trinajstić information content (AvgIpc) is 3.24. The van der Waals surface area contributed by atoms with E-state index in [0.29, 0.717) is 18.7 Å². The molecule has 31 heavy (non-hydrogen) atoms. The third-order valence-corrected chi connectivity index (χ3v) is 5.92. The fraction of sp³-hybridized carbons (Fsp3) is 0.619. The van der Waals surface area contributed by atoms with Crippen LogP contribution < -0.4 is 16.0 Å². The first kappa shape index (κ1) is 22.8. The molecule has 0 aromatic heterocycles. The van der Waals surface area contributed by atoms with Gasteiger partial charge in [0.05, 0.1) is 17.5 Å². The lowest BCUT2D eigenvalue weighted by molar-refractivity contribution is -0.565. The molecule has 0 saturated carbocycles. The molecule has 10 heteroatoms. The molecule has 1 aromatic rings. The zero-order chi connectivity index (χ0) is 22.4. The van der Waals surface area contributed by atoms with Gasteiger partial charge < -0.3 is 20.4 Å². The van der Waals surface area contributed by atoms with Crippen molar-refractivity contribution in [3.8, 4) is 0 Å². The first-order chi connectivity index (χ1) is 14.8. The van der Waals surface area contributed by atoms with Crippen LogP contribution in [0.25, 0.3) is 0 Å². The fourth-order valence-electron chi connectivity index (χ4n) is 4.13. The fourth-order valence-corrected chi connectivity index (χ4v) is 4.13. The highest BCUT2D eigenvalue weighted by molar-refractivity contribution is 5.88. The molecule has 0 bridgehead atoms. The molecule has 0 aliphatic carbocycles. The third-order valence-electron chi connectivity index (χ3n) is 5.92. The zero-order valence-corrected chi connectivity index (χ0v) is 18.2. The summed E-state index contributed by atoms with van der Waals surface area (Å²) in [6, 6.07) is 6.40. The van der Waals surface area contributed by atoms with Crippen LogP contribution in [-0.4, -0.2) is 71.6 Å². The van der Waals surface area contributed by atoms with Crippen molar-refractivity contribution < 1.29 is 14.5 Å². The Morgan fingerprint density at radius 3 is 2.55 bits per heavy atom. The lowest BCUT2D eigenvalue weighted by Gasteiger charge is -2.31. The number of rotatable bonds is 8. The molecule has 2 fully saturated rings. The first-order valence-corrected chi connectivity index (χ1v) is 10.9. The van der Waals surface area contributed by atoms with Crippen molar-refractivity contribution in [2.75, 3.05) is 43.9 Å². The van der Waals surface area contributed by atoms with E-state index in [-0.39, 0.29) is 18.4 Å². The number of amides is 2. The molecule has 2 saturated heterocycles. The van der Waals surface area contributed by atoms with E-state index in [2.05, 4.69) is 16.0 Å². The molecule has 2 amide bonds. The van der Waals surface area contributed by atoms with Gasteiger partial charge in [0.1, 0.15) is 0 Å². The molecule has 170 valence electrons. The Labute approximate surface area is 182 Å². The van der Waals surface area contributed by atoms with Crippen molar-refractivity contribution in [2.24, 2.45) is 0 Å². The van der Waals surface area contributed by atoms with Crippen molar-refractivity contribution in [1.29, 1.82) is 0 Å². The Bertz CT molecular complexity index is 813. The number of hydrogen-bond donors (Lipinski definition) is 3. The molecule has 3 rings (SSSR count). The molecule has 2 atom stereocenters. The minimum Gasteiger partial charge on any atom is -0.388 e.